The van der Waals surface area contributed by atoms with Crippen LogP contribution in [0.5, 0.6) is 0 Å². The average molecular weight is 398 g/mol. The zero-order chi connectivity index (χ0) is 20.9. The van der Waals surface area contributed by atoms with Crippen molar-refractivity contribution in [2.24, 2.45) is 0 Å². The summed E-state index contributed by atoms with van der Waals surface area (Å²) in [6.07, 6.45) is 1.22. The molecule has 150 valence electrons. The molecule has 0 radical (unpaired) electrons. The van der Waals surface area contributed by atoms with E-state index >= 15 is 0 Å². The van der Waals surface area contributed by atoms with Gasteiger partial charge in [-0.2, -0.15) is 0 Å². The van der Waals surface area contributed by atoms with Gasteiger partial charge in [0.2, 0.25) is 0 Å². The van der Waals surface area contributed by atoms with E-state index in [9.17, 15) is 14.7 Å². The van der Waals surface area contributed by atoms with Crippen LogP contribution in [0, 0.1) is 0 Å². The van der Waals surface area contributed by atoms with Gasteiger partial charge in [-0.1, -0.05) is 72.8 Å². The van der Waals surface area contributed by atoms with Crippen LogP contribution in [0.25, 0.3) is 0 Å². The van der Waals surface area contributed by atoms with E-state index in [1.807, 2.05) is 60.7 Å². The summed E-state index contributed by atoms with van der Waals surface area (Å²) in [7, 11) is 0. The Bertz CT molecular complexity index is 1070. The summed E-state index contributed by atoms with van der Waals surface area (Å²) in [5.41, 5.74) is 3.62. The second-order valence-electron chi connectivity index (χ2n) is 7.29. The number of hydrogen-bond acceptors (Lipinski definition) is 3. The first-order valence-electron chi connectivity index (χ1n) is 9.82. The lowest BCUT2D eigenvalue weighted by Crippen LogP contribution is -2.31. The Labute approximate surface area is 175 Å². The Morgan fingerprint density at radius 1 is 0.833 bits per heavy atom. The highest BCUT2D eigenvalue weighted by molar-refractivity contribution is 6.24. The Hall–Kier alpha value is -3.86. The topological polar surface area (TPSA) is 78.4 Å². The van der Waals surface area contributed by atoms with Crippen molar-refractivity contribution < 1.29 is 14.7 Å². The molecule has 0 fully saturated rings. The number of carbonyl (C=O) groups excluding carboxylic acids is 2. The van der Waals surface area contributed by atoms with Crippen LogP contribution in [0.4, 0.5) is 5.69 Å². The fraction of sp³-hybridized carbons (Fsp3) is 0.120. The molecular weight excluding hydrogens is 376 g/mol. The van der Waals surface area contributed by atoms with Crippen LogP contribution in [-0.2, 0) is 22.4 Å². The number of hydrogen-bond donors (Lipinski definition) is 3. The summed E-state index contributed by atoms with van der Waals surface area (Å²) in [6, 6.07) is 26.5. The third-order valence-electron chi connectivity index (χ3n) is 5.09. The molecule has 0 saturated carbocycles. The second-order valence-corrected chi connectivity index (χ2v) is 7.29. The maximum absolute atomic E-state index is 12.6. The maximum Gasteiger partial charge on any atom is 0.264 e. The van der Waals surface area contributed by atoms with Gasteiger partial charge in [0, 0.05) is 5.69 Å². The van der Waals surface area contributed by atoms with E-state index in [0.29, 0.717) is 12.1 Å². The fourth-order valence-electron chi connectivity index (χ4n) is 3.54. The molecule has 0 bridgehead atoms. The highest BCUT2D eigenvalue weighted by atomic mass is 16.3. The lowest BCUT2D eigenvalue weighted by Gasteiger charge is -2.10. The largest absolute Gasteiger partial charge is 0.509 e. The number of nitrogens with one attached hydrogen (secondary N) is 2. The van der Waals surface area contributed by atoms with Crippen LogP contribution in [0.2, 0.25) is 0 Å². The molecule has 0 aromatic heterocycles. The minimum absolute atomic E-state index is 0.220. The molecule has 0 saturated heterocycles. The molecule has 1 heterocycles. The van der Waals surface area contributed by atoms with Gasteiger partial charge in [-0.05, 0) is 41.7 Å². The maximum atomic E-state index is 12.6. The van der Waals surface area contributed by atoms with E-state index in [-0.39, 0.29) is 11.3 Å². The first kappa shape index (κ1) is 19.5. The minimum Gasteiger partial charge on any atom is -0.509 e. The molecule has 0 spiro atoms. The van der Waals surface area contributed by atoms with Crippen LogP contribution >= 0.6 is 0 Å². The summed E-state index contributed by atoms with van der Waals surface area (Å²) < 4.78 is 0. The third-order valence-corrected chi connectivity index (χ3v) is 5.09. The first-order chi connectivity index (χ1) is 14.6. The van der Waals surface area contributed by atoms with Crippen molar-refractivity contribution in [2.75, 3.05) is 5.32 Å². The van der Waals surface area contributed by atoms with E-state index in [0.717, 1.165) is 17.5 Å². The molecule has 5 nitrogen and oxygen atoms in total. The first-order valence-corrected chi connectivity index (χ1v) is 9.82. The normalized spacial score (nSPS) is 15.7. The Morgan fingerprint density at radius 2 is 1.40 bits per heavy atom. The molecule has 2 amide bonds. The molecule has 1 atom stereocenters. The van der Waals surface area contributed by atoms with Gasteiger partial charge < -0.3 is 15.7 Å². The highest BCUT2D eigenvalue weighted by Crippen LogP contribution is 2.21. The molecule has 1 unspecified atom stereocenters. The van der Waals surface area contributed by atoms with Crippen LogP contribution in [0.1, 0.15) is 16.7 Å². The van der Waals surface area contributed by atoms with Gasteiger partial charge in [0.05, 0.1) is 6.04 Å². The zero-order valence-electron chi connectivity index (χ0n) is 16.3. The highest BCUT2D eigenvalue weighted by Gasteiger charge is 2.36. The van der Waals surface area contributed by atoms with E-state index in [1.54, 1.807) is 12.1 Å². The van der Waals surface area contributed by atoms with Crippen LogP contribution < -0.4 is 10.6 Å². The van der Waals surface area contributed by atoms with Gasteiger partial charge in [0.25, 0.3) is 11.8 Å². The SMILES string of the molecule is O=C(Nc1ccc(Cc2ccccc2)cc1)C1=C(O)C(Cc2ccccc2)NC1=O. The number of benzene rings is 3. The number of rotatable bonds is 6. The van der Waals surface area contributed by atoms with Crippen LogP contribution in [0.15, 0.2) is 96.3 Å². The van der Waals surface area contributed by atoms with Crippen molar-refractivity contribution in [2.45, 2.75) is 18.9 Å². The molecule has 1 aliphatic rings. The van der Waals surface area contributed by atoms with E-state index < -0.39 is 17.9 Å². The van der Waals surface area contributed by atoms with Gasteiger partial charge in [-0.15, -0.1) is 0 Å². The monoisotopic (exact) mass is 398 g/mol. The summed E-state index contributed by atoms with van der Waals surface area (Å²) >= 11 is 0. The van der Waals surface area contributed by atoms with Crippen molar-refractivity contribution >= 4 is 17.5 Å². The molecule has 30 heavy (non-hydrogen) atoms. The van der Waals surface area contributed by atoms with E-state index in [4.69, 9.17) is 0 Å². The molecule has 3 aromatic rings. The molecule has 4 rings (SSSR count). The van der Waals surface area contributed by atoms with E-state index in [2.05, 4.69) is 22.8 Å². The average Bonchev–Trinajstić information content (AvgIpc) is 3.04. The fourth-order valence-corrected chi connectivity index (χ4v) is 3.54. The van der Waals surface area contributed by atoms with Gasteiger partial charge >= 0.3 is 0 Å². The third kappa shape index (κ3) is 4.41. The summed E-state index contributed by atoms with van der Waals surface area (Å²) in [5.74, 6) is -1.40. The molecule has 3 aromatic carbocycles. The van der Waals surface area contributed by atoms with Crippen molar-refractivity contribution in [3.8, 4) is 0 Å². The van der Waals surface area contributed by atoms with Crippen molar-refractivity contribution in [3.05, 3.63) is 113 Å². The number of anilines is 1. The van der Waals surface area contributed by atoms with Crippen molar-refractivity contribution in [1.29, 1.82) is 0 Å². The zero-order valence-corrected chi connectivity index (χ0v) is 16.3. The van der Waals surface area contributed by atoms with Gasteiger partial charge in [0.15, 0.2) is 0 Å². The Morgan fingerprint density at radius 3 is 2.03 bits per heavy atom. The molecule has 3 N–H and O–H groups in total. The van der Waals surface area contributed by atoms with Gasteiger partial charge in [-0.3, -0.25) is 9.59 Å². The summed E-state index contributed by atoms with van der Waals surface area (Å²) in [4.78, 5) is 24.9. The lowest BCUT2D eigenvalue weighted by molar-refractivity contribution is -0.120. The van der Waals surface area contributed by atoms with Crippen LogP contribution in [0.3, 0.4) is 0 Å². The van der Waals surface area contributed by atoms with Gasteiger partial charge in [0.1, 0.15) is 11.3 Å². The number of aliphatic hydroxyl groups excluding tert-OH is 1. The van der Waals surface area contributed by atoms with Gasteiger partial charge in [-0.25, -0.2) is 0 Å². The smallest absolute Gasteiger partial charge is 0.264 e. The second kappa shape index (κ2) is 8.66. The lowest BCUT2D eigenvalue weighted by atomic mass is 10.0. The number of carbonyl (C=O) groups is 2. The molecule has 5 heteroatoms. The Balaban J connectivity index is 1.43. The van der Waals surface area contributed by atoms with Crippen molar-refractivity contribution in [1.82, 2.24) is 5.32 Å². The standard InChI is InChI=1S/C25H22N2O3/c28-23-21(16-18-9-5-2-6-10-18)27-25(30)22(23)24(29)26-20-13-11-19(12-14-20)15-17-7-3-1-4-8-17/h1-14,21,28H,15-16H2,(H,26,29)(H,27,30). The Kier molecular flexibility index (Phi) is 5.61. The minimum atomic E-state index is -0.614. The summed E-state index contributed by atoms with van der Waals surface area (Å²) in [6.45, 7) is 0. The number of amides is 2. The molecule has 0 aliphatic carbocycles. The van der Waals surface area contributed by atoms with Crippen molar-refractivity contribution in [3.63, 3.8) is 0 Å². The molecule has 1 aliphatic heterocycles. The van der Waals surface area contributed by atoms with Crippen LogP contribution in [-0.4, -0.2) is 23.0 Å². The number of aliphatic hydroxyl groups is 1. The van der Waals surface area contributed by atoms with E-state index in [1.165, 1.54) is 5.56 Å². The quantitative estimate of drug-likeness (QED) is 0.553. The summed E-state index contributed by atoms with van der Waals surface area (Å²) in [5, 5.41) is 15.9. The molecular formula is C25H22N2O3. The predicted octanol–water partition coefficient (Wildman–Crippen LogP) is 3.77. The predicted molar refractivity (Wildman–Crippen MR) is 116 cm³/mol.